The number of ether oxygens (including phenoxy) is 1. The van der Waals surface area contributed by atoms with E-state index in [1.807, 2.05) is 6.07 Å². The molecule has 1 N–H and O–H groups in total. The lowest BCUT2D eigenvalue weighted by molar-refractivity contribution is 0.380. The van der Waals surface area contributed by atoms with E-state index in [1.54, 1.807) is 37.4 Å². The lowest BCUT2D eigenvalue weighted by Crippen LogP contribution is -2.20. The van der Waals surface area contributed by atoms with Gasteiger partial charge in [-0.1, -0.05) is 41.4 Å². The number of rotatable bonds is 5. The molecule has 2 rings (SSSR count). The first-order valence-electron chi connectivity index (χ1n) is 6.50. The van der Waals surface area contributed by atoms with Crippen LogP contribution in [0.4, 0.5) is 4.39 Å². The average molecular weight is 328 g/mol. The third-order valence-corrected chi connectivity index (χ3v) is 3.96. The van der Waals surface area contributed by atoms with E-state index < -0.39 is 0 Å². The maximum Gasteiger partial charge on any atom is 0.169 e. The Kier molecular flexibility index (Phi) is 5.45. The van der Waals surface area contributed by atoms with Gasteiger partial charge in [0.05, 0.1) is 7.11 Å². The molecule has 112 valence electrons. The monoisotopic (exact) mass is 327 g/mol. The molecule has 5 heteroatoms. The van der Waals surface area contributed by atoms with Crippen molar-refractivity contribution < 1.29 is 9.13 Å². The number of benzene rings is 2. The molecule has 0 saturated heterocycles. The van der Waals surface area contributed by atoms with Crippen LogP contribution in [0.3, 0.4) is 0 Å². The van der Waals surface area contributed by atoms with E-state index >= 15 is 0 Å². The summed E-state index contributed by atoms with van der Waals surface area (Å²) in [5.74, 6) is -0.126. The highest BCUT2D eigenvalue weighted by Gasteiger charge is 2.18. The molecule has 0 aliphatic carbocycles. The fourth-order valence-corrected chi connectivity index (χ4v) is 2.71. The molecule has 0 fully saturated rings. The Bertz CT molecular complexity index is 634. The van der Waals surface area contributed by atoms with Crippen molar-refractivity contribution in [3.63, 3.8) is 0 Å². The number of methoxy groups -OCH3 is 1. The third-order valence-electron chi connectivity index (χ3n) is 3.38. The van der Waals surface area contributed by atoms with Crippen LogP contribution in [0.5, 0.6) is 5.75 Å². The first-order chi connectivity index (χ1) is 10.1. The zero-order valence-corrected chi connectivity index (χ0v) is 13.3. The SMILES string of the molecule is CNC(Cc1ccc(Cl)cc1Cl)c1cccc(OC)c1F. The van der Waals surface area contributed by atoms with Crippen molar-refractivity contribution >= 4 is 23.2 Å². The van der Waals surface area contributed by atoms with Crippen LogP contribution in [-0.4, -0.2) is 14.2 Å². The predicted octanol–water partition coefficient (Wildman–Crippen LogP) is 4.64. The first-order valence-corrected chi connectivity index (χ1v) is 7.26. The molecule has 1 unspecified atom stereocenters. The molecule has 0 radical (unpaired) electrons. The molecule has 0 aliphatic rings. The zero-order chi connectivity index (χ0) is 15.4. The number of hydrogen-bond donors (Lipinski definition) is 1. The maximum atomic E-state index is 14.4. The number of likely N-dealkylation sites (N-methyl/N-ethyl adjacent to an activating group) is 1. The fourth-order valence-electron chi connectivity index (χ4n) is 2.23. The molecule has 0 saturated carbocycles. The number of halogens is 3. The summed E-state index contributed by atoms with van der Waals surface area (Å²) in [6.07, 6.45) is 0.552. The molecule has 2 nitrogen and oxygen atoms in total. The summed E-state index contributed by atoms with van der Waals surface area (Å²) in [4.78, 5) is 0. The van der Waals surface area contributed by atoms with E-state index in [1.165, 1.54) is 7.11 Å². The fraction of sp³-hybridized carbons (Fsp3) is 0.250. The van der Waals surface area contributed by atoms with Gasteiger partial charge in [0.15, 0.2) is 11.6 Å². The van der Waals surface area contributed by atoms with Crippen molar-refractivity contribution in [3.05, 3.63) is 63.4 Å². The van der Waals surface area contributed by atoms with E-state index in [2.05, 4.69) is 5.32 Å². The summed E-state index contributed by atoms with van der Waals surface area (Å²) in [5, 5.41) is 4.27. The standard InChI is InChI=1S/C16H16Cl2FNO/c1-20-14(8-10-6-7-11(17)9-13(10)18)12-4-3-5-15(21-2)16(12)19/h3-7,9,14,20H,8H2,1-2H3. The van der Waals surface area contributed by atoms with Gasteiger partial charge in [-0.2, -0.15) is 0 Å². The van der Waals surface area contributed by atoms with Gasteiger partial charge in [0.1, 0.15) is 0 Å². The average Bonchev–Trinajstić information content (AvgIpc) is 2.47. The summed E-state index contributed by atoms with van der Waals surface area (Å²) in [6.45, 7) is 0. The first kappa shape index (κ1) is 16.1. The summed E-state index contributed by atoms with van der Waals surface area (Å²) in [5.41, 5.74) is 1.45. The van der Waals surface area contributed by atoms with Gasteiger partial charge in [-0.05, 0) is 37.2 Å². The van der Waals surface area contributed by atoms with E-state index in [-0.39, 0.29) is 17.6 Å². The smallest absolute Gasteiger partial charge is 0.169 e. The van der Waals surface area contributed by atoms with Gasteiger partial charge in [-0.3, -0.25) is 0 Å². The Balaban J connectivity index is 2.32. The minimum atomic E-state index is -0.357. The lowest BCUT2D eigenvalue weighted by atomic mass is 9.98. The Morgan fingerprint density at radius 2 is 2.00 bits per heavy atom. The molecule has 21 heavy (non-hydrogen) atoms. The maximum absolute atomic E-state index is 14.4. The quantitative estimate of drug-likeness (QED) is 0.863. The Morgan fingerprint density at radius 3 is 2.62 bits per heavy atom. The molecule has 2 aromatic carbocycles. The van der Waals surface area contributed by atoms with Crippen LogP contribution in [0.1, 0.15) is 17.2 Å². The molecule has 1 atom stereocenters. The molecule has 0 aliphatic heterocycles. The number of nitrogens with one attached hydrogen (secondary N) is 1. The normalized spacial score (nSPS) is 12.2. The van der Waals surface area contributed by atoms with Crippen molar-refractivity contribution in [2.75, 3.05) is 14.2 Å². The largest absolute Gasteiger partial charge is 0.494 e. The highest BCUT2D eigenvalue weighted by molar-refractivity contribution is 6.35. The van der Waals surface area contributed by atoms with Gasteiger partial charge in [0, 0.05) is 21.7 Å². The van der Waals surface area contributed by atoms with Crippen molar-refractivity contribution in [3.8, 4) is 5.75 Å². The number of hydrogen-bond acceptors (Lipinski definition) is 2. The van der Waals surface area contributed by atoms with Crippen LogP contribution in [0.2, 0.25) is 10.0 Å². The van der Waals surface area contributed by atoms with Gasteiger partial charge in [-0.15, -0.1) is 0 Å². The summed E-state index contributed by atoms with van der Waals surface area (Å²) >= 11 is 12.1. The van der Waals surface area contributed by atoms with Gasteiger partial charge in [0.2, 0.25) is 0 Å². The molecular formula is C16H16Cl2FNO. The predicted molar refractivity (Wildman–Crippen MR) is 84.9 cm³/mol. The van der Waals surface area contributed by atoms with Gasteiger partial charge < -0.3 is 10.1 Å². The molecular weight excluding hydrogens is 312 g/mol. The van der Waals surface area contributed by atoms with E-state index in [0.29, 0.717) is 22.0 Å². The molecule has 0 heterocycles. The van der Waals surface area contributed by atoms with E-state index in [9.17, 15) is 4.39 Å². The topological polar surface area (TPSA) is 21.3 Å². The molecule has 2 aromatic rings. The summed E-state index contributed by atoms with van der Waals surface area (Å²) in [6, 6.07) is 10.2. The van der Waals surface area contributed by atoms with Crippen molar-refractivity contribution in [2.45, 2.75) is 12.5 Å². The lowest BCUT2D eigenvalue weighted by Gasteiger charge is -2.19. The van der Waals surface area contributed by atoms with Crippen LogP contribution in [-0.2, 0) is 6.42 Å². The Morgan fingerprint density at radius 1 is 1.24 bits per heavy atom. The molecule has 0 aromatic heterocycles. The van der Waals surface area contributed by atoms with Crippen LogP contribution in [0, 0.1) is 5.82 Å². The van der Waals surface area contributed by atoms with Gasteiger partial charge >= 0.3 is 0 Å². The minimum absolute atomic E-state index is 0.209. The second kappa shape index (κ2) is 7.12. The van der Waals surface area contributed by atoms with Crippen LogP contribution in [0.25, 0.3) is 0 Å². The zero-order valence-electron chi connectivity index (χ0n) is 11.8. The van der Waals surface area contributed by atoms with Crippen LogP contribution in [0.15, 0.2) is 36.4 Å². The Hall–Kier alpha value is -1.29. The van der Waals surface area contributed by atoms with Gasteiger partial charge in [0.25, 0.3) is 0 Å². The van der Waals surface area contributed by atoms with Crippen molar-refractivity contribution in [2.24, 2.45) is 0 Å². The second-order valence-electron chi connectivity index (χ2n) is 4.64. The molecule has 0 bridgehead atoms. The minimum Gasteiger partial charge on any atom is -0.494 e. The molecule has 0 spiro atoms. The third kappa shape index (κ3) is 3.67. The van der Waals surface area contributed by atoms with E-state index in [4.69, 9.17) is 27.9 Å². The molecule has 0 amide bonds. The summed E-state index contributed by atoms with van der Waals surface area (Å²) < 4.78 is 19.4. The van der Waals surface area contributed by atoms with E-state index in [0.717, 1.165) is 5.56 Å². The summed E-state index contributed by atoms with van der Waals surface area (Å²) in [7, 11) is 3.24. The van der Waals surface area contributed by atoms with Crippen molar-refractivity contribution in [1.29, 1.82) is 0 Å². The highest BCUT2D eigenvalue weighted by atomic mass is 35.5. The van der Waals surface area contributed by atoms with Gasteiger partial charge in [-0.25, -0.2) is 4.39 Å². The van der Waals surface area contributed by atoms with Crippen LogP contribution < -0.4 is 10.1 Å². The Labute approximate surface area is 133 Å². The van der Waals surface area contributed by atoms with Crippen LogP contribution >= 0.6 is 23.2 Å². The van der Waals surface area contributed by atoms with Crippen molar-refractivity contribution in [1.82, 2.24) is 5.32 Å². The second-order valence-corrected chi connectivity index (χ2v) is 5.49. The highest BCUT2D eigenvalue weighted by Crippen LogP contribution is 2.30.